The van der Waals surface area contributed by atoms with E-state index in [9.17, 15) is 0 Å². The number of hydrogen-bond donors (Lipinski definition) is 2. The van der Waals surface area contributed by atoms with E-state index in [0.29, 0.717) is 12.0 Å². The Morgan fingerprint density at radius 1 is 1.47 bits per heavy atom. The molecule has 3 unspecified atom stereocenters. The average molecular weight is 210 g/mol. The van der Waals surface area contributed by atoms with Gasteiger partial charge in [0, 0.05) is 12.6 Å². The molecule has 0 bridgehead atoms. The second-order valence-electron chi connectivity index (χ2n) is 4.65. The minimum Gasteiger partial charge on any atom is -0.396 e. The van der Waals surface area contributed by atoms with E-state index in [1.165, 1.54) is 12.8 Å². The molecule has 3 atom stereocenters. The van der Waals surface area contributed by atoms with Crippen molar-refractivity contribution >= 4 is 0 Å². The molecule has 0 aromatic rings. The Morgan fingerprint density at radius 3 is 2.87 bits per heavy atom. The van der Waals surface area contributed by atoms with Gasteiger partial charge in [-0.05, 0) is 31.7 Å². The van der Waals surface area contributed by atoms with E-state index in [1.54, 1.807) is 0 Å². The molecule has 0 aliphatic heterocycles. The largest absolute Gasteiger partial charge is 0.396 e. The second kappa shape index (κ2) is 6.81. The molecule has 0 aromatic heterocycles. The predicted octanol–water partition coefficient (Wildman–Crippen LogP) is 1.68. The minimum atomic E-state index is 0.195. The van der Waals surface area contributed by atoms with Crippen molar-refractivity contribution in [1.82, 2.24) is 5.32 Å². The third-order valence-corrected chi connectivity index (χ3v) is 3.28. The first-order valence-corrected chi connectivity index (χ1v) is 6.01. The van der Waals surface area contributed by atoms with Crippen molar-refractivity contribution in [3.05, 3.63) is 0 Å². The van der Waals surface area contributed by atoms with Gasteiger partial charge in [0.15, 0.2) is 0 Å². The monoisotopic (exact) mass is 210 g/mol. The van der Waals surface area contributed by atoms with Crippen molar-refractivity contribution in [3.8, 4) is 6.07 Å². The molecule has 3 nitrogen and oxygen atoms in total. The highest BCUT2D eigenvalue weighted by Gasteiger charge is 2.24. The summed E-state index contributed by atoms with van der Waals surface area (Å²) in [6.07, 6.45) is 5.45. The molecule has 1 saturated carbocycles. The van der Waals surface area contributed by atoms with Gasteiger partial charge in [-0.1, -0.05) is 19.8 Å². The van der Waals surface area contributed by atoms with E-state index >= 15 is 0 Å². The lowest BCUT2D eigenvalue weighted by Gasteiger charge is -2.28. The summed E-state index contributed by atoms with van der Waals surface area (Å²) in [5, 5.41) is 21.3. The first-order chi connectivity index (χ1) is 7.27. The maximum atomic E-state index is 9.00. The van der Waals surface area contributed by atoms with E-state index in [0.717, 1.165) is 25.8 Å². The lowest BCUT2D eigenvalue weighted by molar-refractivity contribution is 0.247. The molecule has 0 heterocycles. The number of nitrogens with one attached hydrogen (secondary N) is 1. The molecule has 1 fully saturated rings. The number of nitriles is 1. The Labute approximate surface area is 92.5 Å². The molecule has 1 rings (SSSR count). The Balaban J connectivity index is 2.26. The SMILES string of the molecule is CC(CCO)CNC1CCCCC1C#N. The van der Waals surface area contributed by atoms with Crippen LogP contribution in [0.15, 0.2) is 0 Å². The molecule has 0 spiro atoms. The number of aliphatic hydroxyl groups is 1. The third kappa shape index (κ3) is 4.19. The first kappa shape index (κ1) is 12.5. The van der Waals surface area contributed by atoms with Crippen molar-refractivity contribution in [2.45, 2.75) is 45.1 Å². The molecule has 3 heteroatoms. The van der Waals surface area contributed by atoms with Crippen molar-refractivity contribution in [1.29, 1.82) is 5.26 Å². The number of aliphatic hydroxyl groups excluding tert-OH is 1. The van der Waals surface area contributed by atoms with E-state index in [-0.39, 0.29) is 12.5 Å². The van der Waals surface area contributed by atoms with Gasteiger partial charge in [0.25, 0.3) is 0 Å². The van der Waals surface area contributed by atoms with Gasteiger partial charge < -0.3 is 10.4 Å². The van der Waals surface area contributed by atoms with E-state index in [1.807, 2.05) is 0 Å². The molecule has 15 heavy (non-hydrogen) atoms. The fourth-order valence-electron chi connectivity index (χ4n) is 2.20. The summed E-state index contributed by atoms with van der Waals surface area (Å²) in [6.45, 7) is 3.31. The van der Waals surface area contributed by atoms with Gasteiger partial charge in [0.2, 0.25) is 0 Å². The molecule has 1 aliphatic rings. The van der Waals surface area contributed by atoms with Gasteiger partial charge in [-0.2, -0.15) is 5.26 Å². The Kier molecular flexibility index (Phi) is 5.67. The van der Waals surface area contributed by atoms with Gasteiger partial charge in [-0.15, -0.1) is 0 Å². The summed E-state index contributed by atoms with van der Waals surface area (Å²) in [5.41, 5.74) is 0. The fraction of sp³-hybridized carbons (Fsp3) is 0.917. The number of rotatable bonds is 5. The van der Waals surface area contributed by atoms with Gasteiger partial charge in [0.05, 0.1) is 12.0 Å². The van der Waals surface area contributed by atoms with Crippen LogP contribution in [-0.4, -0.2) is 24.3 Å². The summed E-state index contributed by atoms with van der Waals surface area (Å²) in [5.74, 6) is 0.691. The second-order valence-corrected chi connectivity index (χ2v) is 4.65. The molecular formula is C12H22N2O. The molecule has 0 radical (unpaired) electrons. The summed E-state index contributed by atoms with van der Waals surface area (Å²) in [7, 11) is 0. The van der Waals surface area contributed by atoms with E-state index < -0.39 is 0 Å². The topological polar surface area (TPSA) is 56.0 Å². The zero-order valence-corrected chi connectivity index (χ0v) is 9.58. The van der Waals surface area contributed by atoms with Crippen LogP contribution in [0.3, 0.4) is 0 Å². The van der Waals surface area contributed by atoms with Crippen LogP contribution in [0.4, 0.5) is 0 Å². The third-order valence-electron chi connectivity index (χ3n) is 3.28. The zero-order valence-electron chi connectivity index (χ0n) is 9.58. The van der Waals surface area contributed by atoms with Crippen LogP contribution in [-0.2, 0) is 0 Å². The molecule has 1 aliphatic carbocycles. The average Bonchev–Trinajstić information content (AvgIpc) is 2.27. The van der Waals surface area contributed by atoms with E-state index in [2.05, 4.69) is 18.3 Å². The summed E-state index contributed by atoms with van der Waals surface area (Å²) in [6, 6.07) is 2.78. The predicted molar refractivity (Wildman–Crippen MR) is 60.2 cm³/mol. The lowest BCUT2D eigenvalue weighted by atomic mass is 9.85. The van der Waals surface area contributed by atoms with Gasteiger partial charge >= 0.3 is 0 Å². The van der Waals surface area contributed by atoms with Crippen LogP contribution in [0.5, 0.6) is 0 Å². The Hall–Kier alpha value is -0.590. The number of hydrogen-bond acceptors (Lipinski definition) is 3. The molecule has 2 N–H and O–H groups in total. The standard InChI is InChI=1S/C12H22N2O/c1-10(6-7-15)9-14-12-5-3-2-4-11(12)8-13/h10-12,14-15H,2-7,9H2,1H3. The fourth-order valence-corrected chi connectivity index (χ4v) is 2.20. The number of nitrogens with zero attached hydrogens (tertiary/aromatic N) is 1. The van der Waals surface area contributed by atoms with Crippen LogP contribution < -0.4 is 5.32 Å². The Bertz CT molecular complexity index is 212. The highest BCUT2D eigenvalue weighted by molar-refractivity contribution is 4.94. The molecule has 0 amide bonds. The highest BCUT2D eigenvalue weighted by Crippen LogP contribution is 2.23. The summed E-state index contributed by atoms with van der Waals surface area (Å²) in [4.78, 5) is 0. The summed E-state index contributed by atoms with van der Waals surface area (Å²) < 4.78 is 0. The normalized spacial score (nSPS) is 28.3. The minimum absolute atomic E-state index is 0.195. The maximum absolute atomic E-state index is 9.00. The molecule has 0 saturated heterocycles. The van der Waals surface area contributed by atoms with Gasteiger partial charge in [0.1, 0.15) is 0 Å². The van der Waals surface area contributed by atoms with Crippen LogP contribution in [0.2, 0.25) is 0 Å². The quantitative estimate of drug-likeness (QED) is 0.726. The van der Waals surface area contributed by atoms with Crippen molar-refractivity contribution < 1.29 is 5.11 Å². The van der Waals surface area contributed by atoms with Crippen LogP contribution >= 0.6 is 0 Å². The van der Waals surface area contributed by atoms with E-state index in [4.69, 9.17) is 10.4 Å². The first-order valence-electron chi connectivity index (χ1n) is 6.01. The smallest absolute Gasteiger partial charge is 0.0672 e. The van der Waals surface area contributed by atoms with Crippen LogP contribution in [0.1, 0.15) is 39.0 Å². The van der Waals surface area contributed by atoms with Gasteiger partial charge in [-0.3, -0.25) is 0 Å². The zero-order chi connectivity index (χ0) is 11.1. The van der Waals surface area contributed by atoms with Crippen LogP contribution in [0, 0.1) is 23.2 Å². The van der Waals surface area contributed by atoms with Crippen molar-refractivity contribution in [2.75, 3.05) is 13.2 Å². The maximum Gasteiger partial charge on any atom is 0.0672 e. The highest BCUT2D eigenvalue weighted by atomic mass is 16.3. The van der Waals surface area contributed by atoms with Crippen molar-refractivity contribution in [3.63, 3.8) is 0 Å². The molecule has 0 aromatic carbocycles. The lowest BCUT2D eigenvalue weighted by Crippen LogP contribution is -2.40. The Morgan fingerprint density at radius 2 is 2.20 bits per heavy atom. The van der Waals surface area contributed by atoms with Crippen LogP contribution in [0.25, 0.3) is 0 Å². The molecular weight excluding hydrogens is 188 g/mol. The summed E-state index contributed by atoms with van der Waals surface area (Å²) >= 11 is 0. The van der Waals surface area contributed by atoms with Crippen molar-refractivity contribution in [2.24, 2.45) is 11.8 Å². The van der Waals surface area contributed by atoms with Gasteiger partial charge in [-0.25, -0.2) is 0 Å². The molecule has 86 valence electrons.